The van der Waals surface area contributed by atoms with Gasteiger partial charge in [0.15, 0.2) is 0 Å². The summed E-state index contributed by atoms with van der Waals surface area (Å²) in [5.74, 6) is 0.394. The van der Waals surface area contributed by atoms with E-state index in [-0.39, 0.29) is 23.8 Å². The van der Waals surface area contributed by atoms with Gasteiger partial charge in [-0.05, 0) is 31.9 Å². The lowest BCUT2D eigenvalue weighted by molar-refractivity contribution is -0.137. The molecule has 2 aliphatic rings. The number of pyridine rings is 1. The van der Waals surface area contributed by atoms with Gasteiger partial charge in [-0.1, -0.05) is 0 Å². The minimum atomic E-state index is -0.196. The van der Waals surface area contributed by atoms with E-state index in [0.717, 1.165) is 19.3 Å². The van der Waals surface area contributed by atoms with Crippen LogP contribution < -0.4 is 10.1 Å². The summed E-state index contributed by atoms with van der Waals surface area (Å²) in [4.78, 5) is 30.8. The lowest BCUT2D eigenvalue weighted by Gasteiger charge is -2.26. The van der Waals surface area contributed by atoms with E-state index >= 15 is 0 Å². The van der Waals surface area contributed by atoms with Crippen LogP contribution in [0.4, 0.5) is 0 Å². The van der Waals surface area contributed by atoms with Gasteiger partial charge in [0.2, 0.25) is 11.8 Å². The average Bonchev–Trinajstić information content (AvgIpc) is 3.11. The Morgan fingerprint density at radius 1 is 1.36 bits per heavy atom. The zero-order chi connectivity index (χ0) is 17.6. The maximum Gasteiger partial charge on any atom is 0.256 e. The minimum absolute atomic E-state index is 0.0632. The Balaban J connectivity index is 1.60. The lowest BCUT2D eigenvalue weighted by Crippen LogP contribution is -2.38. The molecule has 0 saturated carbocycles. The Labute approximate surface area is 147 Å². The number of rotatable bonds is 5. The molecule has 1 atom stereocenters. The highest BCUT2D eigenvalue weighted by Gasteiger charge is 2.33. The molecular formula is C18H25N3O4. The van der Waals surface area contributed by atoms with Crippen molar-refractivity contribution in [3.63, 3.8) is 0 Å². The third-order valence-electron chi connectivity index (χ3n) is 4.66. The summed E-state index contributed by atoms with van der Waals surface area (Å²) < 4.78 is 11.3. The second-order valence-electron chi connectivity index (χ2n) is 6.42. The fraction of sp³-hybridized carbons (Fsp3) is 0.611. The number of carbonyl (C=O) groups is 2. The second kappa shape index (κ2) is 8.29. The first-order chi connectivity index (χ1) is 12.2. The fourth-order valence-electron chi connectivity index (χ4n) is 3.30. The summed E-state index contributed by atoms with van der Waals surface area (Å²) >= 11 is 0. The maximum atomic E-state index is 12.6. The van der Waals surface area contributed by atoms with E-state index in [1.807, 2.05) is 11.8 Å². The molecule has 0 aliphatic carbocycles. The van der Waals surface area contributed by atoms with Gasteiger partial charge >= 0.3 is 0 Å². The lowest BCUT2D eigenvalue weighted by atomic mass is 9.99. The van der Waals surface area contributed by atoms with Crippen molar-refractivity contribution in [3.05, 3.63) is 23.9 Å². The molecule has 0 aromatic carbocycles. The standard InChI is InChI=1S/C18H25N3O4/c1-2-19-16(22)15-4-3-8-20-17(15)25-14-5-9-21(12-14)18(23)13-6-10-24-11-7-13/h3-4,8,13-14H,2,5-7,9-12H2,1H3,(H,19,22). The van der Waals surface area contributed by atoms with E-state index < -0.39 is 0 Å². The Kier molecular flexibility index (Phi) is 5.86. The molecule has 7 heteroatoms. The molecular weight excluding hydrogens is 322 g/mol. The number of hydrogen-bond donors (Lipinski definition) is 1. The number of amides is 2. The number of carbonyl (C=O) groups excluding carboxylic acids is 2. The van der Waals surface area contributed by atoms with Gasteiger partial charge in [0.05, 0.1) is 6.54 Å². The number of hydrogen-bond acceptors (Lipinski definition) is 5. The summed E-state index contributed by atoms with van der Waals surface area (Å²) in [6, 6.07) is 3.42. The van der Waals surface area contributed by atoms with E-state index in [1.54, 1.807) is 18.3 Å². The summed E-state index contributed by atoms with van der Waals surface area (Å²) in [5, 5.41) is 2.76. The van der Waals surface area contributed by atoms with Crippen LogP contribution in [0.25, 0.3) is 0 Å². The van der Waals surface area contributed by atoms with Gasteiger partial charge in [-0.25, -0.2) is 4.98 Å². The third kappa shape index (κ3) is 4.28. The Morgan fingerprint density at radius 2 is 2.16 bits per heavy atom. The van der Waals surface area contributed by atoms with Crippen molar-refractivity contribution >= 4 is 11.8 Å². The van der Waals surface area contributed by atoms with Crippen LogP contribution in [0.3, 0.4) is 0 Å². The largest absolute Gasteiger partial charge is 0.472 e. The quantitative estimate of drug-likeness (QED) is 0.867. The van der Waals surface area contributed by atoms with E-state index in [9.17, 15) is 9.59 Å². The van der Waals surface area contributed by atoms with Crippen LogP contribution >= 0.6 is 0 Å². The molecule has 0 spiro atoms. The normalized spacial score (nSPS) is 21.2. The van der Waals surface area contributed by atoms with Crippen molar-refractivity contribution in [2.24, 2.45) is 5.92 Å². The summed E-state index contributed by atoms with van der Waals surface area (Å²) in [6.07, 6.45) is 3.82. The van der Waals surface area contributed by atoms with Gasteiger partial charge in [-0.2, -0.15) is 0 Å². The molecule has 0 bridgehead atoms. The monoisotopic (exact) mass is 347 g/mol. The first kappa shape index (κ1) is 17.7. The van der Waals surface area contributed by atoms with E-state index in [1.165, 1.54) is 0 Å². The van der Waals surface area contributed by atoms with Crippen molar-refractivity contribution in [2.45, 2.75) is 32.3 Å². The second-order valence-corrected chi connectivity index (χ2v) is 6.42. The molecule has 2 fully saturated rings. The number of nitrogens with one attached hydrogen (secondary N) is 1. The van der Waals surface area contributed by atoms with Gasteiger partial charge in [0.1, 0.15) is 11.7 Å². The first-order valence-corrected chi connectivity index (χ1v) is 8.95. The maximum absolute atomic E-state index is 12.6. The molecule has 1 unspecified atom stereocenters. The number of aromatic nitrogens is 1. The molecule has 1 aromatic heterocycles. The van der Waals surface area contributed by atoms with Crippen molar-refractivity contribution in [1.82, 2.24) is 15.2 Å². The first-order valence-electron chi connectivity index (χ1n) is 8.95. The summed E-state index contributed by atoms with van der Waals surface area (Å²) in [5.41, 5.74) is 0.429. The average molecular weight is 347 g/mol. The zero-order valence-electron chi connectivity index (χ0n) is 14.6. The molecule has 2 aliphatic heterocycles. The Morgan fingerprint density at radius 3 is 2.92 bits per heavy atom. The Bertz CT molecular complexity index is 616. The van der Waals surface area contributed by atoms with Crippen LogP contribution in [0, 0.1) is 5.92 Å². The van der Waals surface area contributed by atoms with Crippen LogP contribution in [0.2, 0.25) is 0 Å². The number of ether oxygens (including phenoxy) is 2. The van der Waals surface area contributed by atoms with Gasteiger partial charge in [-0.15, -0.1) is 0 Å². The van der Waals surface area contributed by atoms with E-state index in [4.69, 9.17) is 9.47 Å². The Hall–Kier alpha value is -2.15. The summed E-state index contributed by atoms with van der Waals surface area (Å²) in [6.45, 7) is 4.96. The highest BCUT2D eigenvalue weighted by atomic mass is 16.5. The number of nitrogens with zero attached hydrogens (tertiary/aromatic N) is 2. The molecule has 136 valence electrons. The van der Waals surface area contributed by atoms with Gasteiger partial charge < -0.3 is 19.7 Å². The molecule has 1 N–H and O–H groups in total. The van der Waals surface area contributed by atoms with Crippen LogP contribution in [0.1, 0.15) is 36.5 Å². The molecule has 0 radical (unpaired) electrons. The van der Waals surface area contributed by atoms with Crippen molar-refractivity contribution in [1.29, 1.82) is 0 Å². The van der Waals surface area contributed by atoms with Crippen LogP contribution in [-0.4, -0.2) is 60.7 Å². The predicted molar refractivity (Wildman–Crippen MR) is 91.4 cm³/mol. The molecule has 2 saturated heterocycles. The van der Waals surface area contributed by atoms with Crippen LogP contribution in [-0.2, 0) is 9.53 Å². The van der Waals surface area contributed by atoms with E-state index in [2.05, 4.69) is 10.3 Å². The van der Waals surface area contributed by atoms with Gasteiger partial charge in [0.25, 0.3) is 5.91 Å². The number of likely N-dealkylation sites (tertiary alicyclic amines) is 1. The minimum Gasteiger partial charge on any atom is -0.472 e. The van der Waals surface area contributed by atoms with Gasteiger partial charge in [0, 0.05) is 44.8 Å². The van der Waals surface area contributed by atoms with Crippen LogP contribution in [0.5, 0.6) is 5.88 Å². The molecule has 3 heterocycles. The third-order valence-corrected chi connectivity index (χ3v) is 4.66. The van der Waals surface area contributed by atoms with Crippen molar-refractivity contribution in [3.8, 4) is 5.88 Å². The topological polar surface area (TPSA) is 80.8 Å². The SMILES string of the molecule is CCNC(=O)c1cccnc1OC1CCN(C(=O)C2CCOCC2)C1. The summed E-state index contributed by atoms with van der Waals surface area (Å²) in [7, 11) is 0. The van der Waals surface area contributed by atoms with E-state index in [0.29, 0.717) is 44.3 Å². The highest BCUT2D eigenvalue weighted by molar-refractivity contribution is 5.96. The molecule has 1 aromatic rings. The fourth-order valence-corrected chi connectivity index (χ4v) is 3.30. The molecule has 2 amide bonds. The molecule has 3 rings (SSSR count). The predicted octanol–water partition coefficient (Wildman–Crippen LogP) is 1.24. The zero-order valence-corrected chi connectivity index (χ0v) is 14.6. The molecule has 7 nitrogen and oxygen atoms in total. The van der Waals surface area contributed by atoms with Gasteiger partial charge in [-0.3, -0.25) is 9.59 Å². The smallest absolute Gasteiger partial charge is 0.256 e. The highest BCUT2D eigenvalue weighted by Crippen LogP contribution is 2.24. The van der Waals surface area contributed by atoms with Crippen LogP contribution in [0.15, 0.2) is 18.3 Å². The molecule has 25 heavy (non-hydrogen) atoms. The van der Waals surface area contributed by atoms with Crippen molar-refractivity contribution in [2.75, 3.05) is 32.8 Å². The van der Waals surface area contributed by atoms with Crippen molar-refractivity contribution < 1.29 is 19.1 Å².